The van der Waals surface area contributed by atoms with Crippen molar-refractivity contribution in [1.82, 2.24) is 4.90 Å². The molecule has 4 nitrogen and oxygen atoms in total. The van der Waals surface area contributed by atoms with Gasteiger partial charge >= 0.3 is 0 Å². The van der Waals surface area contributed by atoms with Crippen LogP contribution in [0, 0.1) is 6.92 Å². The van der Waals surface area contributed by atoms with Crippen LogP contribution < -0.4 is 5.73 Å². The zero-order chi connectivity index (χ0) is 12.1. The second-order valence-electron chi connectivity index (χ2n) is 3.50. The summed E-state index contributed by atoms with van der Waals surface area (Å²) >= 11 is 1.44. The molecule has 1 aromatic heterocycles. The van der Waals surface area contributed by atoms with Gasteiger partial charge in [0.25, 0.3) is 5.91 Å². The van der Waals surface area contributed by atoms with E-state index in [4.69, 9.17) is 10.5 Å². The van der Waals surface area contributed by atoms with Crippen LogP contribution in [-0.2, 0) is 4.74 Å². The number of nitrogens with two attached hydrogens (primary N) is 1. The van der Waals surface area contributed by atoms with Crippen LogP contribution in [0.3, 0.4) is 0 Å². The predicted octanol–water partition coefficient (Wildman–Crippen LogP) is 1.75. The van der Waals surface area contributed by atoms with E-state index in [1.54, 1.807) is 18.1 Å². The first kappa shape index (κ1) is 13.0. The summed E-state index contributed by atoms with van der Waals surface area (Å²) in [5.41, 5.74) is 6.43. The van der Waals surface area contributed by atoms with E-state index in [0.29, 0.717) is 30.3 Å². The average molecular weight is 242 g/mol. The topological polar surface area (TPSA) is 55.6 Å². The number of nitrogen functional groups attached to an aromatic ring is 1. The second-order valence-corrected chi connectivity index (χ2v) is 4.76. The summed E-state index contributed by atoms with van der Waals surface area (Å²) in [6.07, 6.45) is 0. The quantitative estimate of drug-likeness (QED) is 0.855. The number of thiophene rings is 1. The summed E-state index contributed by atoms with van der Waals surface area (Å²) in [6.45, 7) is 5.72. The summed E-state index contributed by atoms with van der Waals surface area (Å²) in [5, 5.41) is 0. The monoisotopic (exact) mass is 242 g/mol. The molecule has 0 unspecified atom stereocenters. The van der Waals surface area contributed by atoms with Gasteiger partial charge < -0.3 is 15.4 Å². The summed E-state index contributed by atoms with van der Waals surface area (Å²) in [5.74, 6) is 0.0318. The van der Waals surface area contributed by atoms with Crippen molar-refractivity contribution in [3.05, 3.63) is 15.8 Å². The van der Waals surface area contributed by atoms with Gasteiger partial charge in [-0.1, -0.05) is 0 Å². The van der Waals surface area contributed by atoms with Crippen molar-refractivity contribution in [3.63, 3.8) is 0 Å². The minimum atomic E-state index is 0.0318. The zero-order valence-corrected chi connectivity index (χ0v) is 10.8. The zero-order valence-electron chi connectivity index (χ0n) is 9.95. The highest BCUT2D eigenvalue weighted by Gasteiger charge is 2.16. The van der Waals surface area contributed by atoms with E-state index in [1.807, 2.05) is 13.8 Å². The third-order valence-electron chi connectivity index (χ3n) is 2.40. The van der Waals surface area contributed by atoms with Gasteiger partial charge in [0.05, 0.1) is 11.5 Å². The van der Waals surface area contributed by atoms with E-state index in [-0.39, 0.29) is 5.91 Å². The Hall–Kier alpha value is -1.07. The fraction of sp³-hybridized carbons (Fsp3) is 0.545. The molecule has 0 aromatic carbocycles. The Balaban J connectivity index is 2.74. The lowest BCUT2D eigenvalue weighted by Gasteiger charge is -2.19. The van der Waals surface area contributed by atoms with Crippen molar-refractivity contribution in [1.29, 1.82) is 0 Å². The molecule has 5 heteroatoms. The third-order valence-corrected chi connectivity index (χ3v) is 3.46. The maximum atomic E-state index is 12.1. The number of likely N-dealkylation sites (N-methyl/N-ethyl adjacent to an activating group) is 1. The number of carbonyl (C=O) groups is 1. The van der Waals surface area contributed by atoms with Gasteiger partial charge in [0.15, 0.2) is 0 Å². The van der Waals surface area contributed by atoms with Crippen molar-refractivity contribution in [3.8, 4) is 0 Å². The predicted molar refractivity (Wildman–Crippen MR) is 66.9 cm³/mol. The molecule has 16 heavy (non-hydrogen) atoms. The van der Waals surface area contributed by atoms with Gasteiger partial charge in [-0.05, 0) is 19.9 Å². The second kappa shape index (κ2) is 5.86. The van der Waals surface area contributed by atoms with Crippen LogP contribution in [0.25, 0.3) is 0 Å². The molecule has 0 bridgehead atoms. The molecule has 2 N–H and O–H groups in total. The molecule has 0 atom stereocenters. The van der Waals surface area contributed by atoms with Gasteiger partial charge in [0.2, 0.25) is 0 Å². The van der Waals surface area contributed by atoms with E-state index >= 15 is 0 Å². The van der Waals surface area contributed by atoms with Crippen LogP contribution in [0.1, 0.15) is 21.5 Å². The molecule has 0 radical (unpaired) electrons. The van der Waals surface area contributed by atoms with Crippen LogP contribution in [0.4, 0.5) is 5.69 Å². The van der Waals surface area contributed by atoms with Gasteiger partial charge in [0, 0.05) is 30.8 Å². The Morgan fingerprint density at radius 3 is 2.75 bits per heavy atom. The standard InChI is InChI=1S/C11H18N2O2S/c1-4-13(5-6-15-3)11(14)10-7-9(12)8(2)16-10/h7H,4-6,12H2,1-3H3. The lowest BCUT2D eigenvalue weighted by molar-refractivity contribution is 0.0711. The van der Waals surface area contributed by atoms with Crippen LogP contribution in [0.15, 0.2) is 6.07 Å². The number of methoxy groups -OCH3 is 1. The highest BCUT2D eigenvalue weighted by molar-refractivity contribution is 7.14. The van der Waals surface area contributed by atoms with Crippen molar-refractivity contribution in [2.45, 2.75) is 13.8 Å². The van der Waals surface area contributed by atoms with Crippen LogP contribution in [0.5, 0.6) is 0 Å². The fourth-order valence-corrected chi connectivity index (χ4v) is 2.27. The molecule has 0 fully saturated rings. The van der Waals surface area contributed by atoms with E-state index in [9.17, 15) is 4.79 Å². The molecule has 1 aromatic rings. The average Bonchev–Trinajstić information content (AvgIpc) is 2.60. The number of hydrogen-bond acceptors (Lipinski definition) is 4. The summed E-state index contributed by atoms with van der Waals surface area (Å²) in [4.78, 5) is 15.5. The van der Waals surface area contributed by atoms with Gasteiger partial charge in [0.1, 0.15) is 0 Å². The van der Waals surface area contributed by atoms with E-state index < -0.39 is 0 Å². The lowest BCUT2D eigenvalue weighted by atomic mass is 10.3. The Kier molecular flexibility index (Phi) is 4.76. The SMILES string of the molecule is CCN(CCOC)C(=O)c1cc(N)c(C)s1. The summed E-state index contributed by atoms with van der Waals surface area (Å²) in [7, 11) is 1.63. The van der Waals surface area contributed by atoms with Gasteiger partial charge in [-0.3, -0.25) is 4.79 Å². The van der Waals surface area contributed by atoms with E-state index in [1.165, 1.54) is 11.3 Å². The van der Waals surface area contributed by atoms with Gasteiger partial charge in [-0.15, -0.1) is 11.3 Å². The summed E-state index contributed by atoms with van der Waals surface area (Å²) in [6, 6.07) is 1.75. The maximum Gasteiger partial charge on any atom is 0.264 e. The minimum absolute atomic E-state index is 0.0318. The first-order chi connectivity index (χ1) is 7.60. The van der Waals surface area contributed by atoms with Gasteiger partial charge in [-0.2, -0.15) is 0 Å². The largest absolute Gasteiger partial charge is 0.398 e. The molecular weight excluding hydrogens is 224 g/mol. The molecule has 90 valence electrons. The van der Waals surface area contributed by atoms with E-state index in [2.05, 4.69) is 0 Å². The normalized spacial score (nSPS) is 10.4. The number of ether oxygens (including phenoxy) is 1. The molecule has 0 aliphatic heterocycles. The highest BCUT2D eigenvalue weighted by atomic mass is 32.1. The van der Waals surface area contributed by atoms with Crippen LogP contribution in [0.2, 0.25) is 0 Å². The van der Waals surface area contributed by atoms with Crippen molar-refractivity contribution < 1.29 is 9.53 Å². The minimum Gasteiger partial charge on any atom is -0.398 e. The number of anilines is 1. The highest BCUT2D eigenvalue weighted by Crippen LogP contribution is 2.24. The lowest BCUT2D eigenvalue weighted by Crippen LogP contribution is -2.33. The molecule has 1 amide bonds. The molecule has 0 saturated heterocycles. The van der Waals surface area contributed by atoms with Crippen molar-refractivity contribution in [2.75, 3.05) is 32.5 Å². The van der Waals surface area contributed by atoms with Crippen LogP contribution in [-0.4, -0.2) is 37.6 Å². The van der Waals surface area contributed by atoms with Crippen molar-refractivity contribution >= 4 is 22.9 Å². The molecule has 0 aliphatic rings. The van der Waals surface area contributed by atoms with Crippen molar-refractivity contribution in [2.24, 2.45) is 0 Å². The molecule has 0 spiro atoms. The molecule has 1 rings (SSSR count). The Bertz CT molecular complexity index is 343. The Morgan fingerprint density at radius 2 is 2.31 bits per heavy atom. The molecular formula is C11H18N2O2S. The number of amides is 1. The van der Waals surface area contributed by atoms with E-state index in [0.717, 1.165) is 4.88 Å². The number of aryl methyl sites for hydroxylation is 1. The third kappa shape index (κ3) is 2.96. The smallest absolute Gasteiger partial charge is 0.264 e. The number of hydrogen-bond donors (Lipinski definition) is 1. The first-order valence-electron chi connectivity index (χ1n) is 5.24. The number of carbonyl (C=O) groups excluding carboxylic acids is 1. The molecule has 0 aliphatic carbocycles. The molecule has 0 saturated carbocycles. The van der Waals surface area contributed by atoms with Crippen LogP contribution >= 0.6 is 11.3 Å². The maximum absolute atomic E-state index is 12.1. The molecule has 1 heterocycles. The Labute approximate surface area is 100 Å². The van der Waals surface area contributed by atoms with Gasteiger partial charge in [-0.25, -0.2) is 0 Å². The summed E-state index contributed by atoms with van der Waals surface area (Å²) < 4.78 is 4.97. The number of nitrogens with zero attached hydrogens (tertiary/aromatic N) is 1. The Morgan fingerprint density at radius 1 is 1.62 bits per heavy atom. The fourth-order valence-electron chi connectivity index (χ4n) is 1.36. The number of rotatable bonds is 5. The first-order valence-corrected chi connectivity index (χ1v) is 6.05.